The molecular weight excluding hydrogens is 484 g/mol. The largest absolute Gasteiger partial charge is 0.480 e. The number of aromatic nitrogens is 2. The predicted molar refractivity (Wildman–Crippen MR) is 145 cm³/mol. The second-order valence-electron chi connectivity index (χ2n) is 8.97. The minimum atomic E-state index is -1.14. The van der Waals surface area contributed by atoms with Crippen LogP contribution in [-0.2, 0) is 20.9 Å². The molecular formula is C29H32N4O5. The third kappa shape index (κ3) is 6.89. The molecule has 1 amide bonds. The molecule has 4 aromatic rings. The number of aliphatic carboxylic acids is 1. The molecule has 0 bridgehead atoms. The second-order valence-corrected chi connectivity index (χ2v) is 8.97. The van der Waals surface area contributed by atoms with Crippen LogP contribution in [-0.4, -0.2) is 39.2 Å². The molecule has 0 radical (unpaired) electrons. The van der Waals surface area contributed by atoms with Crippen LogP contribution in [0.25, 0.3) is 11.0 Å². The highest BCUT2D eigenvalue weighted by atomic mass is 16.5. The van der Waals surface area contributed by atoms with E-state index in [2.05, 4.69) is 10.3 Å². The predicted octanol–water partition coefficient (Wildman–Crippen LogP) is 4.93. The van der Waals surface area contributed by atoms with Gasteiger partial charge in [0.2, 0.25) is 11.9 Å². The minimum absolute atomic E-state index is 0.115. The van der Waals surface area contributed by atoms with Crippen LogP contribution in [0.4, 0.5) is 5.95 Å². The van der Waals surface area contributed by atoms with Gasteiger partial charge in [0.05, 0.1) is 24.2 Å². The lowest BCUT2D eigenvalue weighted by Crippen LogP contribution is -2.44. The summed E-state index contributed by atoms with van der Waals surface area (Å²) in [6.45, 7) is 2.15. The molecule has 0 saturated heterocycles. The molecule has 4 N–H and O–H groups in total. The molecule has 3 aromatic carbocycles. The molecule has 198 valence electrons. The quantitative estimate of drug-likeness (QED) is 0.230. The number of hydrogen-bond acceptors (Lipinski definition) is 6. The molecule has 0 aliphatic heterocycles. The minimum Gasteiger partial charge on any atom is -0.480 e. The Kier molecular flexibility index (Phi) is 8.94. The zero-order valence-corrected chi connectivity index (χ0v) is 21.2. The molecule has 0 saturated carbocycles. The summed E-state index contributed by atoms with van der Waals surface area (Å²) in [4.78, 5) is 28.8. The average molecular weight is 517 g/mol. The van der Waals surface area contributed by atoms with Crippen LogP contribution >= 0.6 is 0 Å². The number of carboxylic acids is 1. The third-order valence-electron chi connectivity index (χ3n) is 6.24. The van der Waals surface area contributed by atoms with Gasteiger partial charge in [-0.2, -0.15) is 0 Å². The van der Waals surface area contributed by atoms with Crippen molar-refractivity contribution in [2.45, 2.75) is 44.9 Å². The van der Waals surface area contributed by atoms with Crippen LogP contribution in [0.5, 0.6) is 11.5 Å². The number of nitrogens with one attached hydrogen (secondary N) is 1. The van der Waals surface area contributed by atoms with Crippen LogP contribution in [0.1, 0.15) is 37.8 Å². The number of carboxylic acid groups (broad SMARTS) is 1. The van der Waals surface area contributed by atoms with Crippen LogP contribution in [0.3, 0.4) is 0 Å². The number of amides is 1. The standard InChI is InChI=1S/C29H32N4O5/c1-2-21(13-16-27(34)31-25(28(35)36)19-37-18-20-9-5-3-6-10-20)33-26-17-23(14-15-24(26)32-29(33)30)38-22-11-7-4-8-12-22/h3-12,14-15,17,21,25H,2,13,16,18-19H2,1H3,(H2,30,32)(H,31,34)(H,35,36). The van der Waals surface area contributed by atoms with Crippen LogP contribution in [0.15, 0.2) is 78.9 Å². The fraction of sp³-hybridized carbons (Fsp3) is 0.276. The number of carbonyl (C=O) groups is 2. The van der Waals surface area contributed by atoms with Gasteiger partial charge in [0, 0.05) is 18.5 Å². The molecule has 2 unspecified atom stereocenters. The Bertz CT molecular complexity index is 1360. The van der Waals surface area contributed by atoms with Crippen LogP contribution < -0.4 is 15.8 Å². The maximum absolute atomic E-state index is 12.7. The number of nitrogen functional groups attached to an aromatic ring is 1. The van der Waals surface area contributed by atoms with E-state index in [9.17, 15) is 14.7 Å². The molecule has 0 aliphatic rings. The van der Waals surface area contributed by atoms with Gasteiger partial charge < -0.3 is 30.2 Å². The Morgan fingerprint density at radius 2 is 1.74 bits per heavy atom. The SMILES string of the molecule is CCC(CCC(=O)NC(COCc1ccccc1)C(=O)O)n1c(N)nc2ccc(Oc3ccccc3)cc21. The number of nitrogens with two attached hydrogens (primary N) is 1. The number of benzene rings is 3. The number of ether oxygens (including phenoxy) is 2. The summed E-state index contributed by atoms with van der Waals surface area (Å²) in [6.07, 6.45) is 1.29. The number of carbonyl (C=O) groups excluding carboxylic acids is 1. The van der Waals surface area contributed by atoms with E-state index in [1.807, 2.05) is 90.4 Å². The monoisotopic (exact) mass is 516 g/mol. The van der Waals surface area contributed by atoms with Crippen molar-refractivity contribution in [2.24, 2.45) is 0 Å². The van der Waals surface area contributed by atoms with Gasteiger partial charge in [0.25, 0.3) is 0 Å². The number of imidazole rings is 1. The average Bonchev–Trinajstić information content (AvgIpc) is 3.24. The van der Waals surface area contributed by atoms with E-state index in [0.29, 0.717) is 24.5 Å². The Hall–Kier alpha value is -4.37. The van der Waals surface area contributed by atoms with E-state index in [1.54, 1.807) is 0 Å². The fourth-order valence-electron chi connectivity index (χ4n) is 4.29. The van der Waals surface area contributed by atoms with E-state index in [1.165, 1.54) is 0 Å². The topological polar surface area (TPSA) is 129 Å². The Morgan fingerprint density at radius 1 is 1.03 bits per heavy atom. The highest BCUT2D eigenvalue weighted by molar-refractivity contribution is 5.84. The summed E-state index contributed by atoms with van der Waals surface area (Å²) in [5, 5.41) is 12.1. The van der Waals surface area contributed by atoms with E-state index >= 15 is 0 Å². The summed E-state index contributed by atoms with van der Waals surface area (Å²) >= 11 is 0. The van der Waals surface area contributed by atoms with E-state index in [4.69, 9.17) is 15.2 Å². The summed E-state index contributed by atoms with van der Waals surface area (Å²) in [7, 11) is 0. The van der Waals surface area contributed by atoms with Crippen molar-refractivity contribution in [1.82, 2.24) is 14.9 Å². The number of rotatable bonds is 13. The first-order valence-electron chi connectivity index (χ1n) is 12.6. The van der Waals surface area contributed by atoms with Crippen LogP contribution in [0.2, 0.25) is 0 Å². The van der Waals surface area contributed by atoms with E-state index < -0.39 is 12.0 Å². The third-order valence-corrected chi connectivity index (χ3v) is 6.24. The maximum Gasteiger partial charge on any atom is 0.328 e. The number of para-hydroxylation sites is 1. The summed E-state index contributed by atoms with van der Waals surface area (Å²) in [5.41, 5.74) is 8.74. The lowest BCUT2D eigenvalue weighted by molar-refractivity contribution is -0.143. The number of nitrogens with zero attached hydrogens (tertiary/aromatic N) is 2. The van der Waals surface area contributed by atoms with Gasteiger partial charge in [-0.3, -0.25) is 4.79 Å². The number of hydrogen-bond donors (Lipinski definition) is 3. The zero-order valence-electron chi connectivity index (χ0n) is 21.2. The van der Waals surface area contributed by atoms with Gasteiger partial charge in [-0.15, -0.1) is 0 Å². The van der Waals surface area contributed by atoms with Crippen molar-refractivity contribution in [1.29, 1.82) is 0 Å². The smallest absolute Gasteiger partial charge is 0.328 e. The van der Waals surface area contributed by atoms with Gasteiger partial charge >= 0.3 is 5.97 Å². The van der Waals surface area contributed by atoms with Crippen molar-refractivity contribution in [2.75, 3.05) is 12.3 Å². The Balaban J connectivity index is 1.38. The van der Waals surface area contributed by atoms with E-state index in [0.717, 1.165) is 22.3 Å². The normalized spacial score (nSPS) is 12.7. The van der Waals surface area contributed by atoms with E-state index in [-0.39, 0.29) is 31.6 Å². The van der Waals surface area contributed by atoms with Crippen molar-refractivity contribution >= 4 is 28.9 Å². The van der Waals surface area contributed by atoms with Crippen LogP contribution in [0, 0.1) is 0 Å². The lowest BCUT2D eigenvalue weighted by Gasteiger charge is -2.20. The Morgan fingerprint density at radius 3 is 2.42 bits per heavy atom. The zero-order chi connectivity index (χ0) is 26.9. The highest BCUT2D eigenvalue weighted by Gasteiger charge is 2.22. The maximum atomic E-state index is 12.7. The van der Waals surface area contributed by atoms with Gasteiger partial charge in [0.1, 0.15) is 11.5 Å². The second kappa shape index (κ2) is 12.7. The summed E-state index contributed by atoms with van der Waals surface area (Å²) in [6, 6.07) is 23.2. The molecule has 4 rings (SSSR count). The fourth-order valence-corrected chi connectivity index (χ4v) is 4.29. The molecule has 0 fully saturated rings. The van der Waals surface area contributed by atoms with Crippen molar-refractivity contribution < 1.29 is 24.2 Å². The summed E-state index contributed by atoms with van der Waals surface area (Å²) < 4.78 is 13.4. The summed E-state index contributed by atoms with van der Waals surface area (Å²) in [5.74, 6) is 0.207. The first-order chi connectivity index (χ1) is 18.4. The van der Waals surface area contributed by atoms with Crippen molar-refractivity contribution in [3.8, 4) is 11.5 Å². The number of fused-ring (bicyclic) bond motifs is 1. The first-order valence-corrected chi connectivity index (χ1v) is 12.6. The molecule has 1 heterocycles. The van der Waals surface area contributed by atoms with Gasteiger partial charge in [0.15, 0.2) is 6.04 Å². The Labute approximate surface area is 221 Å². The molecule has 0 aliphatic carbocycles. The molecule has 38 heavy (non-hydrogen) atoms. The van der Waals surface area contributed by atoms with Crippen molar-refractivity contribution in [3.63, 3.8) is 0 Å². The molecule has 1 aromatic heterocycles. The molecule has 2 atom stereocenters. The highest BCUT2D eigenvalue weighted by Crippen LogP contribution is 2.31. The molecule has 0 spiro atoms. The lowest BCUT2D eigenvalue weighted by atomic mass is 10.1. The van der Waals surface area contributed by atoms with Crippen molar-refractivity contribution in [3.05, 3.63) is 84.4 Å². The van der Waals surface area contributed by atoms with Gasteiger partial charge in [-0.25, -0.2) is 9.78 Å². The molecule has 9 heteroatoms. The molecule has 9 nitrogen and oxygen atoms in total. The first kappa shape index (κ1) is 26.7. The number of anilines is 1. The van der Waals surface area contributed by atoms with Gasteiger partial charge in [-0.1, -0.05) is 55.5 Å². The van der Waals surface area contributed by atoms with Gasteiger partial charge in [-0.05, 0) is 42.7 Å².